The molecule has 2 unspecified atom stereocenters. The molecule has 2 rings (SSSR count). The summed E-state index contributed by atoms with van der Waals surface area (Å²) in [5, 5.41) is 20.0. The van der Waals surface area contributed by atoms with E-state index >= 15 is 0 Å². The van der Waals surface area contributed by atoms with Gasteiger partial charge < -0.3 is 14.9 Å². The Bertz CT molecular complexity index is 611. The van der Waals surface area contributed by atoms with Crippen LogP contribution >= 0.6 is 0 Å². The van der Waals surface area contributed by atoms with Crippen molar-refractivity contribution in [1.82, 2.24) is 0 Å². The molecule has 0 spiro atoms. The Kier molecular flexibility index (Phi) is 4.95. The molecular weight excluding hydrogens is 266 g/mol. The van der Waals surface area contributed by atoms with Crippen LogP contribution in [0.2, 0.25) is 0 Å². The highest BCUT2D eigenvalue weighted by Crippen LogP contribution is 2.22. The van der Waals surface area contributed by atoms with Gasteiger partial charge >= 0.3 is 0 Å². The minimum Gasteiger partial charge on any atom is -0.507 e. The molecule has 0 saturated carbocycles. The Morgan fingerprint density at radius 1 is 1.14 bits per heavy atom. The van der Waals surface area contributed by atoms with Crippen LogP contribution in [0.5, 0.6) is 11.5 Å². The lowest BCUT2D eigenvalue weighted by Crippen LogP contribution is -2.12. The number of aliphatic hydroxyl groups excluding tert-OH is 1. The maximum absolute atomic E-state index is 10.2. The fourth-order valence-corrected chi connectivity index (χ4v) is 1.97. The maximum atomic E-state index is 10.2. The number of methoxy groups -OCH3 is 1. The molecule has 110 valence electrons. The molecule has 4 heteroatoms. The van der Waals surface area contributed by atoms with Gasteiger partial charge in [-0.25, -0.2) is 0 Å². The third-order valence-electron chi connectivity index (χ3n) is 3.28. The summed E-state index contributed by atoms with van der Waals surface area (Å²) in [5.41, 5.74) is 1.37. The number of ether oxygens (including phenoxy) is 1. The zero-order valence-electron chi connectivity index (χ0n) is 12.1. The van der Waals surface area contributed by atoms with Gasteiger partial charge in [0.1, 0.15) is 17.6 Å². The summed E-state index contributed by atoms with van der Waals surface area (Å²) < 4.78 is 5.11. The zero-order valence-corrected chi connectivity index (χ0v) is 12.1. The first kappa shape index (κ1) is 15.1. The molecule has 2 atom stereocenters. The Morgan fingerprint density at radius 2 is 1.86 bits per heavy atom. The van der Waals surface area contributed by atoms with Gasteiger partial charge in [0.05, 0.1) is 13.2 Å². The molecule has 0 fully saturated rings. The third-order valence-corrected chi connectivity index (χ3v) is 3.28. The number of aliphatic imine (C=N–C) groups is 1. The lowest BCUT2D eigenvalue weighted by atomic mass is 10.0. The van der Waals surface area contributed by atoms with Crippen LogP contribution in [-0.2, 0) is 0 Å². The quantitative estimate of drug-likeness (QED) is 0.830. The minimum absolute atomic E-state index is 0.126. The molecule has 2 aromatic carbocycles. The van der Waals surface area contributed by atoms with Crippen LogP contribution in [0.4, 0.5) is 0 Å². The SMILES string of the molecule is COc1ccc(O)c(C=NC(C)C(O)c2ccccc2)c1. The van der Waals surface area contributed by atoms with Crippen LogP contribution in [0.3, 0.4) is 0 Å². The molecule has 0 aliphatic heterocycles. The number of hydrogen-bond donors (Lipinski definition) is 2. The molecule has 0 saturated heterocycles. The Labute approximate surface area is 124 Å². The van der Waals surface area contributed by atoms with Crippen molar-refractivity contribution in [3.05, 3.63) is 59.7 Å². The van der Waals surface area contributed by atoms with Gasteiger partial charge in [-0.15, -0.1) is 0 Å². The van der Waals surface area contributed by atoms with Crippen LogP contribution in [0.1, 0.15) is 24.2 Å². The fraction of sp³-hybridized carbons (Fsp3) is 0.235. The number of aliphatic hydroxyl groups is 1. The van der Waals surface area contributed by atoms with Crippen molar-refractivity contribution >= 4 is 6.21 Å². The summed E-state index contributed by atoms with van der Waals surface area (Å²) in [6, 6.07) is 14.0. The van der Waals surface area contributed by atoms with E-state index in [1.54, 1.807) is 31.5 Å². The smallest absolute Gasteiger partial charge is 0.124 e. The van der Waals surface area contributed by atoms with E-state index in [0.717, 1.165) is 5.56 Å². The average molecular weight is 285 g/mol. The van der Waals surface area contributed by atoms with Crippen molar-refractivity contribution in [1.29, 1.82) is 0 Å². The van der Waals surface area contributed by atoms with Gasteiger partial charge in [0, 0.05) is 11.8 Å². The third kappa shape index (κ3) is 3.83. The Hall–Kier alpha value is -2.33. The molecule has 0 radical (unpaired) electrons. The van der Waals surface area contributed by atoms with Gasteiger partial charge in [0.25, 0.3) is 0 Å². The molecule has 4 nitrogen and oxygen atoms in total. The lowest BCUT2D eigenvalue weighted by Gasteiger charge is -2.15. The topological polar surface area (TPSA) is 62.0 Å². The Balaban J connectivity index is 2.13. The van der Waals surface area contributed by atoms with Crippen molar-refractivity contribution in [2.75, 3.05) is 7.11 Å². The number of nitrogens with zero attached hydrogens (tertiary/aromatic N) is 1. The molecular formula is C17H19NO3. The molecule has 0 bridgehead atoms. The first-order chi connectivity index (χ1) is 10.1. The van der Waals surface area contributed by atoms with Crippen LogP contribution < -0.4 is 4.74 Å². The van der Waals surface area contributed by atoms with Crippen LogP contribution in [0.15, 0.2) is 53.5 Å². The normalized spacial score (nSPS) is 14.0. The number of benzene rings is 2. The highest BCUT2D eigenvalue weighted by Gasteiger charge is 2.14. The number of rotatable bonds is 5. The van der Waals surface area contributed by atoms with Gasteiger partial charge in [-0.3, -0.25) is 4.99 Å². The number of hydrogen-bond acceptors (Lipinski definition) is 4. The predicted octanol–water partition coefficient (Wildman–Crippen LogP) is 2.94. The van der Waals surface area contributed by atoms with Crippen LogP contribution in [0, 0.1) is 0 Å². The average Bonchev–Trinajstić information content (AvgIpc) is 2.54. The standard InChI is InChI=1S/C17H19NO3/c1-12(17(20)13-6-4-3-5-7-13)18-11-14-10-15(21-2)8-9-16(14)19/h3-12,17,19-20H,1-2H3. The van der Waals surface area contributed by atoms with Crippen LogP contribution in [-0.4, -0.2) is 29.6 Å². The van der Waals surface area contributed by atoms with E-state index in [2.05, 4.69) is 4.99 Å². The number of phenolic OH excluding ortho intramolecular Hbond substituents is 1. The van der Waals surface area contributed by atoms with Gasteiger partial charge in [0.15, 0.2) is 0 Å². The molecule has 0 aromatic heterocycles. The van der Waals surface area contributed by atoms with Gasteiger partial charge in [0.2, 0.25) is 0 Å². The van der Waals surface area contributed by atoms with Crippen molar-refractivity contribution in [3.63, 3.8) is 0 Å². The van der Waals surface area contributed by atoms with E-state index in [-0.39, 0.29) is 11.8 Å². The molecule has 0 aliphatic carbocycles. The highest BCUT2D eigenvalue weighted by atomic mass is 16.5. The monoisotopic (exact) mass is 285 g/mol. The summed E-state index contributed by atoms with van der Waals surface area (Å²) in [5.74, 6) is 0.770. The first-order valence-electron chi connectivity index (χ1n) is 6.75. The predicted molar refractivity (Wildman–Crippen MR) is 83.1 cm³/mol. The summed E-state index contributed by atoms with van der Waals surface area (Å²) in [7, 11) is 1.56. The van der Waals surface area contributed by atoms with E-state index in [1.807, 2.05) is 37.3 Å². The van der Waals surface area contributed by atoms with Crippen LogP contribution in [0.25, 0.3) is 0 Å². The van der Waals surface area contributed by atoms with Gasteiger partial charge in [-0.1, -0.05) is 30.3 Å². The molecule has 21 heavy (non-hydrogen) atoms. The molecule has 0 aliphatic rings. The maximum Gasteiger partial charge on any atom is 0.124 e. The van der Waals surface area contributed by atoms with Gasteiger partial charge in [-0.05, 0) is 30.7 Å². The molecule has 0 amide bonds. The van der Waals surface area contributed by atoms with Crippen molar-refractivity contribution in [2.45, 2.75) is 19.1 Å². The molecule has 2 N–H and O–H groups in total. The van der Waals surface area contributed by atoms with E-state index in [0.29, 0.717) is 11.3 Å². The fourth-order valence-electron chi connectivity index (χ4n) is 1.97. The second kappa shape index (κ2) is 6.90. The van der Waals surface area contributed by atoms with Gasteiger partial charge in [-0.2, -0.15) is 0 Å². The summed E-state index contributed by atoms with van der Waals surface area (Å²) in [6.45, 7) is 1.82. The zero-order chi connectivity index (χ0) is 15.2. The Morgan fingerprint density at radius 3 is 2.52 bits per heavy atom. The number of aromatic hydroxyl groups is 1. The lowest BCUT2D eigenvalue weighted by molar-refractivity contribution is 0.154. The van der Waals surface area contributed by atoms with Crippen molar-refractivity contribution in [2.24, 2.45) is 4.99 Å². The largest absolute Gasteiger partial charge is 0.507 e. The van der Waals surface area contributed by atoms with E-state index < -0.39 is 6.10 Å². The number of phenols is 1. The van der Waals surface area contributed by atoms with Crippen molar-refractivity contribution in [3.8, 4) is 11.5 Å². The second-order valence-electron chi connectivity index (χ2n) is 4.80. The second-order valence-corrected chi connectivity index (χ2v) is 4.80. The van der Waals surface area contributed by atoms with E-state index in [1.165, 1.54) is 0 Å². The van der Waals surface area contributed by atoms with E-state index in [9.17, 15) is 10.2 Å². The summed E-state index contributed by atoms with van der Waals surface area (Å²) in [6.07, 6.45) is 0.865. The summed E-state index contributed by atoms with van der Waals surface area (Å²) in [4.78, 5) is 4.32. The first-order valence-corrected chi connectivity index (χ1v) is 6.75. The molecule has 0 heterocycles. The summed E-state index contributed by atoms with van der Waals surface area (Å²) >= 11 is 0. The van der Waals surface area contributed by atoms with E-state index in [4.69, 9.17) is 4.74 Å². The molecule has 2 aromatic rings. The minimum atomic E-state index is -0.685. The van der Waals surface area contributed by atoms with Crippen molar-refractivity contribution < 1.29 is 14.9 Å². The highest BCUT2D eigenvalue weighted by molar-refractivity contribution is 5.84.